The van der Waals surface area contributed by atoms with Crippen LogP contribution in [-0.2, 0) is 12.7 Å². The van der Waals surface area contributed by atoms with Crippen molar-refractivity contribution in [2.75, 3.05) is 26.2 Å². The average molecular weight is 290 g/mol. The van der Waals surface area contributed by atoms with Crippen molar-refractivity contribution in [2.45, 2.75) is 25.6 Å². The Kier molecular flexibility index (Phi) is 4.99. The van der Waals surface area contributed by atoms with Crippen LogP contribution >= 0.6 is 0 Å². The minimum absolute atomic E-state index is 0.0567. The minimum atomic E-state index is -4.43. The van der Waals surface area contributed by atoms with E-state index in [0.29, 0.717) is 6.54 Å². The lowest BCUT2D eigenvalue weighted by molar-refractivity contribution is -0.137. The maximum atomic E-state index is 13.5. The molecule has 1 aliphatic heterocycles. The molecule has 6 heteroatoms. The molecular formula is C14H18F4N2. The number of benzene rings is 1. The fourth-order valence-corrected chi connectivity index (χ4v) is 2.35. The van der Waals surface area contributed by atoms with Gasteiger partial charge in [0.2, 0.25) is 0 Å². The average Bonchev–Trinajstić information content (AvgIpc) is 2.88. The van der Waals surface area contributed by atoms with Gasteiger partial charge in [-0.05, 0) is 44.1 Å². The summed E-state index contributed by atoms with van der Waals surface area (Å²) < 4.78 is 51.1. The molecular weight excluding hydrogens is 272 g/mol. The standard InChI is InChI=1S/C14H18F4N2/c15-13-4-3-12(14(16,17)18)9-11(13)10-19-5-8-20-6-1-2-7-20/h3-4,9,19H,1-2,5-8,10H2. The van der Waals surface area contributed by atoms with Crippen molar-refractivity contribution in [3.05, 3.63) is 35.1 Å². The lowest BCUT2D eigenvalue weighted by Crippen LogP contribution is -2.29. The highest BCUT2D eigenvalue weighted by molar-refractivity contribution is 5.27. The van der Waals surface area contributed by atoms with E-state index in [4.69, 9.17) is 0 Å². The van der Waals surface area contributed by atoms with Gasteiger partial charge in [-0.3, -0.25) is 0 Å². The SMILES string of the molecule is Fc1ccc(C(F)(F)F)cc1CNCCN1CCCC1. The van der Waals surface area contributed by atoms with E-state index in [2.05, 4.69) is 10.2 Å². The van der Waals surface area contributed by atoms with Crippen LogP contribution in [0.2, 0.25) is 0 Å². The number of nitrogens with zero attached hydrogens (tertiary/aromatic N) is 1. The normalized spacial score (nSPS) is 16.8. The lowest BCUT2D eigenvalue weighted by atomic mass is 10.1. The minimum Gasteiger partial charge on any atom is -0.311 e. The van der Waals surface area contributed by atoms with Crippen LogP contribution in [0.1, 0.15) is 24.0 Å². The Balaban J connectivity index is 1.85. The van der Waals surface area contributed by atoms with Crippen molar-refractivity contribution in [1.29, 1.82) is 0 Å². The molecule has 2 rings (SSSR count). The molecule has 1 heterocycles. The first-order valence-electron chi connectivity index (χ1n) is 6.75. The Morgan fingerprint density at radius 1 is 1.15 bits per heavy atom. The zero-order valence-corrected chi connectivity index (χ0v) is 11.1. The van der Waals surface area contributed by atoms with E-state index in [1.807, 2.05) is 0 Å². The molecule has 1 N–H and O–H groups in total. The predicted octanol–water partition coefficient (Wildman–Crippen LogP) is 3.03. The second-order valence-electron chi connectivity index (χ2n) is 5.03. The second kappa shape index (κ2) is 6.54. The fourth-order valence-electron chi connectivity index (χ4n) is 2.35. The van der Waals surface area contributed by atoms with Crippen LogP contribution in [-0.4, -0.2) is 31.1 Å². The van der Waals surface area contributed by atoms with E-state index in [-0.39, 0.29) is 12.1 Å². The number of hydrogen-bond donors (Lipinski definition) is 1. The van der Waals surface area contributed by atoms with Gasteiger partial charge >= 0.3 is 6.18 Å². The molecule has 1 saturated heterocycles. The number of nitrogens with one attached hydrogen (secondary N) is 1. The summed E-state index contributed by atoms with van der Waals surface area (Å²) in [5.41, 5.74) is -0.753. The van der Waals surface area contributed by atoms with E-state index in [9.17, 15) is 17.6 Å². The van der Waals surface area contributed by atoms with Crippen LogP contribution in [0.3, 0.4) is 0 Å². The van der Waals surface area contributed by atoms with E-state index >= 15 is 0 Å². The van der Waals surface area contributed by atoms with E-state index < -0.39 is 17.6 Å². The van der Waals surface area contributed by atoms with Crippen molar-refractivity contribution in [1.82, 2.24) is 10.2 Å². The molecule has 112 valence electrons. The molecule has 0 spiro atoms. The second-order valence-corrected chi connectivity index (χ2v) is 5.03. The summed E-state index contributed by atoms with van der Waals surface area (Å²) in [5.74, 6) is -0.605. The van der Waals surface area contributed by atoms with Gasteiger partial charge in [-0.2, -0.15) is 13.2 Å². The molecule has 0 aromatic heterocycles. The molecule has 1 aromatic rings. The molecule has 0 unspecified atom stereocenters. The molecule has 1 aromatic carbocycles. The first-order chi connectivity index (χ1) is 9.47. The highest BCUT2D eigenvalue weighted by Crippen LogP contribution is 2.30. The quantitative estimate of drug-likeness (QED) is 0.662. The number of alkyl halides is 3. The van der Waals surface area contributed by atoms with Gasteiger partial charge in [-0.1, -0.05) is 0 Å². The molecule has 0 amide bonds. The highest BCUT2D eigenvalue weighted by atomic mass is 19.4. The molecule has 0 saturated carbocycles. The predicted molar refractivity (Wildman–Crippen MR) is 68.8 cm³/mol. The van der Waals surface area contributed by atoms with Gasteiger partial charge in [0, 0.05) is 25.2 Å². The summed E-state index contributed by atoms with van der Waals surface area (Å²) >= 11 is 0. The summed E-state index contributed by atoms with van der Waals surface area (Å²) in [7, 11) is 0. The summed E-state index contributed by atoms with van der Waals surface area (Å²) in [6, 6.07) is 2.52. The van der Waals surface area contributed by atoms with Crippen LogP contribution in [0, 0.1) is 5.82 Å². The Labute approximate surface area is 115 Å². The smallest absolute Gasteiger partial charge is 0.311 e. The van der Waals surface area contributed by atoms with E-state index in [1.54, 1.807) is 0 Å². The number of rotatable bonds is 5. The molecule has 1 fully saturated rings. The van der Waals surface area contributed by atoms with Gasteiger partial charge in [-0.25, -0.2) is 4.39 Å². The molecule has 0 bridgehead atoms. The van der Waals surface area contributed by atoms with Gasteiger partial charge in [-0.15, -0.1) is 0 Å². The summed E-state index contributed by atoms with van der Waals surface area (Å²) in [6.45, 7) is 3.75. The van der Waals surface area contributed by atoms with Crippen molar-refractivity contribution in [2.24, 2.45) is 0 Å². The van der Waals surface area contributed by atoms with Crippen molar-refractivity contribution in [3.63, 3.8) is 0 Å². The largest absolute Gasteiger partial charge is 0.416 e. The van der Waals surface area contributed by atoms with Gasteiger partial charge < -0.3 is 10.2 Å². The maximum absolute atomic E-state index is 13.5. The molecule has 0 radical (unpaired) electrons. The van der Waals surface area contributed by atoms with Crippen LogP contribution in [0.5, 0.6) is 0 Å². The third kappa shape index (κ3) is 4.18. The lowest BCUT2D eigenvalue weighted by Gasteiger charge is -2.15. The van der Waals surface area contributed by atoms with Gasteiger partial charge in [0.05, 0.1) is 5.56 Å². The fraction of sp³-hybridized carbons (Fsp3) is 0.571. The molecule has 2 nitrogen and oxygen atoms in total. The number of hydrogen-bond acceptors (Lipinski definition) is 2. The molecule has 20 heavy (non-hydrogen) atoms. The third-order valence-electron chi connectivity index (χ3n) is 3.49. The Morgan fingerprint density at radius 2 is 1.85 bits per heavy atom. The van der Waals surface area contributed by atoms with Gasteiger partial charge in [0.1, 0.15) is 5.82 Å². The first kappa shape index (κ1) is 15.3. The highest BCUT2D eigenvalue weighted by Gasteiger charge is 2.30. The van der Waals surface area contributed by atoms with Crippen LogP contribution in [0.4, 0.5) is 17.6 Å². The van der Waals surface area contributed by atoms with E-state index in [0.717, 1.165) is 37.8 Å². The van der Waals surface area contributed by atoms with E-state index in [1.165, 1.54) is 12.8 Å². The van der Waals surface area contributed by atoms with Crippen molar-refractivity contribution >= 4 is 0 Å². The first-order valence-corrected chi connectivity index (χ1v) is 6.75. The number of likely N-dealkylation sites (tertiary alicyclic amines) is 1. The molecule has 0 atom stereocenters. The third-order valence-corrected chi connectivity index (χ3v) is 3.49. The molecule has 0 aliphatic carbocycles. The topological polar surface area (TPSA) is 15.3 Å². The van der Waals surface area contributed by atoms with Crippen LogP contribution < -0.4 is 5.32 Å². The number of halogens is 4. The molecule has 1 aliphatic rings. The Hall–Kier alpha value is -1.14. The monoisotopic (exact) mass is 290 g/mol. The van der Waals surface area contributed by atoms with Crippen LogP contribution in [0.25, 0.3) is 0 Å². The van der Waals surface area contributed by atoms with Crippen molar-refractivity contribution in [3.8, 4) is 0 Å². The summed E-state index contributed by atoms with van der Waals surface area (Å²) in [5, 5.41) is 3.00. The summed E-state index contributed by atoms with van der Waals surface area (Å²) in [4.78, 5) is 2.29. The maximum Gasteiger partial charge on any atom is 0.416 e. The zero-order chi connectivity index (χ0) is 14.6. The summed E-state index contributed by atoms with van der Waals surface area (Å²) in [6.07, 6.45) is -2.04. The Morgan fingerprint density at radius 3 is 2.50 bits per heavy atom. The van der Waals surface area contributed by atoms with Crippen molar-refractivity contribution < 1.29 is 17.6 Å². The Bertz CT molecular complexity index is 439. The van der Waals surface area contributed by atoms with Gasteiger partial charge in [0.15, 0.2) is 0 Å². The van der Waals surface area contributed by atoms with Crippen LogP contribution in [0.15, 0.2) is 18.2 Å². The van der Waals surface area contributed by atoms with Gasteiger partial charge in [0.25, 0.3) is 0 Å². The zero-order valence-electron chi connectivity index (χ0n) is 11.1.